The predicted octanol–water partition coefficient (Wildman–Crippen LogP) is 2.39. The molecule has 0 fully saturated rings. The van der Waals surface area contributed by atoms with Crippen LogP contribution in [-0.2, 0) is 13.1 Å². The molecule has 0 bridgehead atoms. The molecular formula is C12H13BrFN3O. The monoisotopic (exact) mass is 313 g/mol. The number of nitrogens with zero attached hydrogens (tertiary/aromatic N) is 2. The van der Waals surface area contributed by atoms with Crippen LogP contribution < -0.4 is 5.32 Å². The maximum Gasteiger partial charge on any atom is 0.124 e. The molecule has 1 aromatic carbocycles. The number of hydrogen-bond acceptors (Lipinski definition) is 3. The van der Waals surface area contributed by atoms with Crippen molar-refractivity contribution >= 4 is 21.6 Å². The van der Waals surface area contributed by atoms with Crippen LogP contribution in [0.25, 0.3) is 0 Å². The summed E-state index contributed by atoms with van der Waals surface area (Å²) in [6.07, 6.45) is 3.50. The van der Waals surface area contributed by atoms with E-state index in [2.05, 4.69) is 26.3 Å². The molecule has 0 radical (unpaired) electrons. The molecule has 0 atom stereocenters. The minimum Gasteiger partial charge on any atom is -0.394 e. The lowest BCUT2D eigenvalue weighted by Gasteiger charge is -2.06. The van der Waals surface area contributed by atoms with Crippen LogP contribution in [-0.4, -0.2) is 21.5 Å². The molecule has 0 saturated heterocycles. The van der Waals surface area contributed by atoms with Crippen LogP contribution in [0.15, 0.2) is 35.1 Å². The lowest BCUT2D eigenvalue weighted by atomic mass is 10.2. The third-order valence-corrected chi connectivity index (χ3v) is 3.20. The fourth-order valence-electron chi connectivity index (χ4n) is 1.54. The Balaban J connectivity index is 1.97. The Kier molecular flexibility index (Phi) is 4.33. The van der Waals surface area contributed by atoms with Gasteiger partial charge in [-0.05, 0) is 17.7 Å². The summed E-state index contributed by atoms with van der Waals surface area (Å²) in [6, 6.07) is 4.59. The van der Waals surface area contributed by atoms with Crippen molar-refractivity contribution < 1.29 is 9.50 Å². The highest BCUT2D eigenvalue weighted by Crippen LogP contribution is 2.19. The summed E-state index contributed by atoms with van der Waals surface area (Å²) in [4.78, 5) is 0. The summed E-state index contributed by atoms with van der Waals surface area (Å²) >= 11 is 3.32. The van der Waals surface area contributed by atoms with E-state index in [0.717, 1.165) is 15.7 Å². The molecule has 0 aliphatic carbocycles. The van der Waals surface area contributed by atoms with E-state index in [1.165, 1.54) is 12.1 Å². The van der Waals surface area contributed by atoms with Gasteiger partial charge in [-0.15, -0.1) is 0 Å². The molecule has 0 unspecified atom stereocenters. The average molecular weight is 314 g/mol. The second kappa shape index (κ2) is 5.97. The third kappa shape index (κ3) is 3.30. The Morgan fingerprint density at radius 2 is 2.28 bits per heavy atom. The quantitative estimate of drug-likeness (QED) is 0.891. The van der Waals surface area contributed by atoms with Gasteiger partial charge in [0.25, 0.3) is 0 Å². The molecular weight excluding hydrogens is 301 g/mol. The molecule has 1 aromatic heterocycles. The van der Waals surface area contributed by atoms with Crippen molar-refractivity contribution in [3.63, 3.8) is 0 Å². The van der Waals surface area contributed by atoms with Gasteiger partial charge in [-0.25, -0.2) is 4.39 Å². The van der Waals surface area contributed by atoms with Crippen molar-refractivity contribution in [2.45, 2.75) is 13.1 Å². The summed E-state index contributed by atoms with van der Waals surface area (Å²) in [7, 11) is 0. The van der Waals surface area contributed by atoms with E-state index >= 15 is 0 Å². The van der Waals surface area contributed by atoms with Gasteiger partial charge in [-0.1, -0.05) is 22.0 Å². The molecule has 2 rings (SSSR count). The van der Waals surface area contributed by atoms with Gasteiger partial charge in [0.2, 0.25) is 0 Å². The van der Waals surface area contributed by atoms with Crippen molar-refractivity contribution in [1.29, 1.82) is 0 Å². The maximum absolute atomic E-state index is 12.9. The van der Waals surface area contributed by atoms with Crippen LogP contribution in [0.1, 0.15) is 5.56 Å². The number of anilines is 1. The highest BCUT2D eigenvalue weighted by atomic mass is 79.9. The number of rotatable bonds is 5. The van der Waals surface area contributed by atoms with Crippen LogP contribution in [0.5, 0.6) is 0 Å². The molecule has 2 N–H and O–H groups in total. The van der Waals surface area contributed by atoms with Crippen molar-refractivity contribution in [2.24, 2.45) is 0 Å². The first-order chi connectivity index (χ1) is 8.69. The number of hydrogen-bond donors (Lipinski definition) is 2. The Morgan fingerprint density at radius 3 is 3.00 bits per heavy atom. The zero-order valence-corrected chi connectivity index (χ0v) is 11.2. The van der Waals surface area contributed by atoms with E-state index in [-0.39, 0.29) is 12.4 Å². The van der Waals surface area contributed by atoms with Gasteiger partial charge >= 0.3 is 0 Å². The zero-order valence-electron chi connectivity index (χ0n) is 9.61. The topological polar surface area (TPSA) is 50.1 Å². The summed E-state index contributed by atoms with van der Waals surface area (Å²) in [5, 5.41) is 16.0. The molecule has 2 aromatic rings. The number of aliphatic hydroxyl groups excluding tert-OH is 1. The van der Waals surface area contributed by atoms with Gasteiger partial charge in [-0.3, -0.25) is 4.68 Å². The molecule has 0 spiro atoms. The second-order valence-corrected chi connectivity index (χ2v) is 4.66. The molecule has 0 aliphatic heterocycles. The first kappa shape index (κ1) is 13.0. The van der Waals surface area contributed by atoms with E-state index in [9.17, 15) is 4.39 Å². The molecule has 96 valence electrons. The van der Waals surface area contributed by atoms with Gasteiger partial charge in [0.15, 0.2) is 0 Å². The highest BCUT2D eigenvalue weighted by molar-refractivity contribution is 9.10. The van der Waals surface area contributed by atoms with E-state index in [1.54, 1.807) is 16.9 Å². The van der Waals surface area contributed by atoms with E-state index < -0.39 is 0 Å². The van der Waals surface area contributed by atoms with Crippen LogP contribution >= 0.6 is 15.9 Å². The fourth-order valence-corrected chi connectivity index (χ4v) is 2.03. The Bertz CT molecular complexity index is 530. The summed E-state index contributed by atoms with van der Waals surface area (Å²) in [5.74, 6) is -0.263. The second-order valence-electron chi connectivity index (χ2n) is 3.80. The Hall–Kier alpha value is -1.40. The molecule has 0 amide bonds. The molecule has 6 heteroatoms. The van der Waals surface area contributed by atoms with E-state index in [1.807, 2.05) is 6.20 Å². The van der Waals surface area contributed by atoms with Crippen LogP contribution in [0.3, 0.4) is 0 Å². The van der Waals surface area contributed by atoms with Crippen molar-refractivity contribution in [3.8, 4) is 0 Å². The highest BCUT2D eigenvalue weighted by Gasteiger charge is 2.02. The van der Waals surface area contributed by atoms with Crippen molar-refractivity contribution in [3.05, 3.63) is 46.4 Å². The minimum atomic E-state index is -0.263. The van der Waals surface area contributed by atoms with Crippen LogP contribution in [0.2, 0.25) is 0 Å². The van der Waals surface area contributed by atoms with Gasteiger partial charge < -0.3 is 10.4 Å². The number of aromatic nitrogens is 2. The lowest BCUT2D eigenvalue weighted by molar-refractivity contribution is 0.269. The smallest absolute Gasteiger partial charge is 0.124 e. The van der Waals surface area contributed by atoms with Crippen molar-refractivity contribution in [1.82, 2.24) is 9.78 Å². The third-order valence-electron chi connectivity index (χ3n) is 2.46. The molecule has 18 heavy (non-hydrogen) atoms. The molecule has 0 saturated carbocycles. The fraction of sp³-hybridized carbons (Fsp3) is 0.250. The average Bonchev–Trinajstić information content (AvgIpc) is 2.76. The van der Waals surface area contributed by atoms with E-state index in [4.69, 9.17) is 5.11 Å². The number of benzene rings is 1. The normalized spacial score (nSPS) is 10.6. The summed E-state index contributed by atoms with van der Waals surface area (Å²) < 4.78 is 15.3. The first-order valence-electron chi connectivity index (χ1n) is 5.50. The Labute approximate surface area is 113 Å². The summed E-state index contributed by atoms with van der Waals surface area (Å²) in [5.41, 5.74) is 1.82. The first-order valence-corrected chi connectivity index (χ1v) is 6.29. The lowest BCUT2D eigenvalue weighted by Crippen LogP contribution is -2.02. The van der Waals surface area contributed by atoms with Gasteiger partial charge in [0.05, 0.1) is 25.0 Å². The Morgan fingerprint density at radius 1 is 1.44 bits per heavy atom. The molecule has 4 nitrogen and oxygen atoms in total. The predicted molar refractivity (Wildman–Crippen MR) is 70.7 cm³/mol. The SMILES string of the molecule is OCCn1cc(NCc2ccc(F)cc2Br)cn1. The largest absolute Gasteiger partial charge is 0.394 e. The number of nitrogens with one attached hydrogen (secondary N) is 1. The number of halogens is 2. The van der Waals surface area contributed by atoms with Gasteiger partial charge in [0.1, 0.15) is 5.82 Å². The van der Waals surface area contributed by atoms with Gasteiger partial charge in [-0.2, -0.15) is 5.10 Å². The van der Waals surface area contributed by atoms with Gasteiger partial charge in [0, 0.05) is 17.2 Å². The summed E-state index contributed by atoms with van der Waals surface area (Å²) in [6.45, 7) is 1.11. The zero-order chi connectivity index (χ0) is 13.0. The van der Waals surface area contributed by atoms with Crippen LogP contribution in [0, 0.1) is 5.82 Å². The molecule has 1 heterocycles. The molecule has 0 aliphatic rings. The number of aliphatic hydroxyl groups is 1. The maximum atomic E-state index is 12.9. The van der Waals surface area contributed by atoms with E-state index in [0.29, 0.717) is 13.1 Å². The minimum absolute atomic E-state index is 0.0601. The van der Waals surface area contributed by atoms with Crippen molar-refractivity contribution in [2.75, 3.05) is 11.9 Å². The standard InChI is InChI=1S/C12H13BrFN3O/c13-12-5-10(14)2-1-9(12)6-15-11-7-16-17(8-11)3-4-18/h1-2,5,7-8,15,18H,3-4,6H2. The van der Waals surface area contributed by atoms with Crippen LogP contribution in [0.4, 0.5) is 10.1 Å².